The summed E-state index contributed by atoms with van der Waals surface area (Å²) >= 11 is 1.78. The standard InChI is InChI=1S/C20H29N3O2S/c1-26-14-15-6-8-17(9-7-15)20(25)23-11-3-4-16(13-23)12-22-19(24)18-5-2-10-21-18/h6-9,16,18,21H,2-5,10-14H2,1H3,(H,22,24). The smallest absolute Gasteiger partial charge is 0.253 e. The van der Waals surface area contributed by atoms with E-state index in [0.717, 1.165) is 56.6 Å². The first-order valence-electron chi connectivity index (χ1n) is 9.55. The molecule has 2 amide bonds. The minimum absolute atomic E-state index is 0.0314. The Kier molecular flexibility index (Phi) is 6.97. The van der Waals surface area contributed by atoms with E-state index in [1.807, 2.05) is 29.2 Å². The van der Waals surface area contributed by atoms with E-state index in [-0.39, 0.29) is 17.9 Å². The molecular weight excluding hydrogens is 346 g/mol. The number of carbonyl (C=O) groups excluding carboxylic acids is 2. The fraction of sp³-hybridized carbons (Fsp3) is 0.600. The fourth-order valence-electron chi connectivity index (χ4n) is 3.79. The van der Waals surface area contributed by atoms with E-state index in [9.17, 15) is 9.59 Å². The number of amides is 2. The summed E-state index contributed by atoms with van der Waals surface area (Å²) in [6, 6.07) is 7.92. The third kappa shape index (κ3) is 5.01. The molecule has 2 saturated heterocycles. The maximum Gasteiger partial charge on any atom is 0.253 e. The molecule has 2 atom stereocenters. The molecule has 2 N–H and O–H groups in total. The maximum atomic E-state index is 12.8. The topological polar surface area (TPSA) is 61.4 Å². The number of hydrogen-bond acceptors (Lipinski definition) is 4. The van der Waals surface area contributed by atoms with Crippen molar-refractivity contribution in [2.75, 3.05) is 32.4 Å². The molecule has 0 radical (unpaired) electrons. The SMILES string of the molecule is CSCc1ccc(C(=O)N2CCCC(CNC(=O)C3CCCN3)C2)cc1. The van der Waals surface area contributed by atoms with Gasteiger partial charge in [-0.2, -0.15) is 11.8 Å². The summed E-state index contributed by atoms with van der Waals surface area (Å²) in [6.45, 7) is 3.12. The summed E-state index contributed by atoms with van der Waals surface area (Å²) < 4.78 is 0. The molecular formula is C20H29N3O2S. The zero-order valence-electron chi connectivity index (χ0n) is 15.5. The molecule has 0 saturated carbocycles. The third-order valence-electron chi connectivity index (χ3n) is 5.26. The lowest BCUT2D eigenvalue weighted by Gasteiger charge is -2.33. The van der Waals surface area contributed by atoms with Crippen LogP contribution in [0.4, 0.5) is 0 Å². The number of nitrogens with zero attached hydrogens (tertiary/aromatic N) is 1. The summed E-state index contributed by atoms with van der Waals surface area (Å²) in [5.41, 5.74) is 2.00. The molecule has 0 aromatic heterocycles. The van der Waals surface area contributed by atoms with E-state index >= 15 is 0 Å². The first-order valence-corrected chi connectivity index (χ1v) is 10.9. The number of thioether (sulfide) groups is 1. The number of nitrogens with one attached hydrogen (secondary N) is 2. The van der Waals surface area contributed by atoms with Crippen LogP contribution in [-0.2, 0) is 10.5 Å². The molecule has 26 heavy (non-hydrogen) atoms. The van der Waals surface area contributed by atoms with Gasteiger partial charge in [0.2, 0.25) is 5.91 Å². The highest BCUT2D eigenvalue weighted by Gasteiger charge is 2.26. The van der Waals surface area contributed by atoms with Crippen molar-refractivity contribution in [3.63, 3.8) is 0 Å². The van der Waals surface area contributed by atoms with Crippen molar-refractivity contribution in [3.8, 4) is 0 Å². The van der Waals surface area contributed by atoms with E-state index in [1.165, 1.54) is 5.56 Å². The average molecular weight is 376 g/mol. The van der Waals surface area contributed by atoms with Crippen LogP contribution in [0.25, 0.3) is 0 Å². The van der Waals surface area contributed by atoms with Gasteiger partial charge in [0.15, 0.2) is 0 Å². The largest absolute Gasteiger partial charge is 0.354 e. The van der Waals surface area contributed by atoms with Gasteiger partial charge in [-0.05, 0) is 62.1 Å². The second-order valence-electron chi connectivity index (χ2n) is 7.28. The van der Waals surface area contributed by atoms with Crippen molar-refractivity contribution in [2.24, 2.45) is 5.92 Å². The van der Waals surface area contributed by atoms with E-state index in [0.29, 0.717) is 12.5 Å². The molecule has 2 fully saturated rings. The number of benzene rings is 1. The Morgan fingerprint density at radius 2 is 2.04 bits per heavy atom. The minimum Gasteiger partial charge on any atom is -0.354 e. The van der Waals surface area contributed by atoms with Crippen LogP contribution in [0.15, 0.2) is 24.3 Å². The second kappa shape index (κ2) is 9.42. The summed E-state index contributed by atoms with van der Waals surface area (Å²) in [5.74, 6) is 1.52. The van der Waals surface area contributed by atoms with Gasteiger partial charge in [0.05, 0.1) is 6.04 Å². The van der Waals surface area contributed by atoms with Crippen LogP contribution in [0.2, 0.25) is 0 Å². The molecule has 2 heterocycles. The fourth-order valence-corrected chi connectivity index (χ4v) is 4.31. The van der Waals surface area contributed by atoms with Crippen LogP contribution in [0.3, 0.4) is 0 Å². The Bertz CT molecular complexity index is 614. The van der Waals surface area contributed by atoms with Crippen LogP contribution in [0, 0.1) is 5.92 Å². The predicted molar refractivity (Wildman–Crippen MR) is 106 cm³/mol. The molecule has 2 aliphatic heterocycles. The van der Waals surface area contributed by atoms with Crippen molar-refractivity contribution in [1.29, 1.82) is 0 Å². The van der Waals surface area contributed by atoms with E-state index in [4.69, 9.17) is 0 Å². The molecule has 0 aliphatic carbocycles. The first kappa shape index (κ1) is 19.2. The van der Waals surface area contributed by atoms with E-state index in [1.54, 1.807) is 11.8 Å². The maximum absolute atomic E-state index is 12.8. The molecule has 2 aliphatic rings. The van der Waals surface area contributed by atoms with Crippen LogP contribution in [0.1, 0.15) is 41.6 Å². The van der Waals surface area contributed by atoms with Gasteiger partial charge in [0, 0.05) is 31.0 Å². The first-order chi connectivity index (χ1) is 12.7. The number of rotatable bonds is 6. The lowest BCUT2D eigenvalue weighted by Crippen LogP contribution is -2.46. The Hall–Kier alpha value is -1.53. The highest BCUT2D eigenvalue weighted by Crippen LogP contribution is 2.19. The summed E-state index contributed by atoms with van der Waals surface area (Å²) in [4.78, 5) is 26.9. The Morgan fingerprint density at radius 1 is 1.23 bits per heavy atom. The molecule has 1 aromatic rings. The molecule has 142 valence electrons. The summed E-state index contributed by atoms with van der Waals surface area (Å²) in [6.07, 6.45) is 6.13. The molecule has 6 heteroatoms. The Labute approximate surface area is 160 Å². The highest BCUT2D eigenvalue weighted by atomic mass is 32.2. The van der Waals surface area contributed by atoms with Crippen molar-refractivity contribution in [3.05, 3.63) is 35.4 Å². The van der Waals surface area contributed by atoms with Gasteiger partial charge in [-0.1, -0.05) is 12.1 Å². The summed E-state index contributed by atoms with van der Waals surface area (Å²) in [7, 11) is 0. The highest BCUT2D eigenvalue weighted by molar-refractivity contribution is 7.97. The zero-order valence-corrected chi connectivity index (χ0v) is 16.3. The molecule has 0 spiro atoms. The quantitative estimate of drug-likeness (QED) is 0.801. The van der Waals surface area contributed by atoms with Crippen molar-refractivity contribution in [1.82, 2.24) is 15.5 Å². The van der Waals surface area contributed by atoms with E-state index < -0.39 is 0 Å². The molecule has 0 bridgehead atoms. The second-order valence-corrected chi connectivity index (χ2v) is 8.15. The van der Waals surface area contributed by atoms with Crippen molar-refractivity contribution in [2.45, 2.75) is 37.5 Å². The molecule has 2 unspecified atom stereocenters. The lowest BCUT2D eigenvalue weighted by atomic mass is 9.97. The Morgan fingerprint density at radius 3 is 2.73 bits per heavy atom. The van der Waals surface area contributed by atoms with Crippen LogP contribution in [-0.4, -0.2) is 55.2 Å². The molecule has 3 rings (SSSR count). The zero-order chi connectivity index (χ0) is 18.4. The average Bonchev–Trinajstić information content (AvgIpc) is 3.22. The van der Waals surface area contributed by atoms with Crippen LogP contribution in [0.5, 0.6) is 0 Å². The minimum atomic E-state index is -0.0314. The number of hydrogen-bond donors (Lipinski definition) is 2. The monoisotopic (exact) mass is 375 g/mol. The van der Waals surface area contributed by atoms with Gasteiger partial charge in [0.25, 0.3) is 5.91 Å². The predicted octanol–water partition coefficient (Wildman–Crippen LogP) is 2.27. The Balaban J connectivity index is 1.50. The van der Waals surface area contributed by atoms with Crippen LogP contribution >= 0.6 is 11.8 Å². The van der Waals surface area contributed by atoms with Gasteiger partial charge in [-0.15, -0.1) is 0 Å². The number of piperidine rings is 1. The van der Waals surface area contributed by atoms with Gasteiger partial charge < -0.3 is 15.5 Å². The number of likely N-dealkylation sites (tertiary alicyclic amines) is 1. The summed E-state index contributed by atoms with van der Waals surface area (Å²) in [5, 5.41) is 6.30. The van der Waals surface area contributed by atoms with E-state index in [2.05, 4.69) is 16.9 Å². The normalized spacial score (nSPS) is 23.0. The molecule has 5 nitrogen and oxygen atoms in total. The van der Waals surface area contributed by atoms with Crippen molar-refractivity contribution >= 4 is 23.6 Å². The van der Waals surface area contributed by atoms with Gasteiger partial charge in [-0.3, -0.25) is 9.59 Å². The van der Waals surface area contributed by atoms with Gasteiger partial charge >= 0.3 is 0 Å². The van der Waals surface area contributed by atoms with Gasteiger partial charge in [0.1, 0.15) is 0 Å². The number of carbonyl (C=O) groups is 2. The van der Waals surface area contributed by atoms with Crippen LogP contribution < -0.4 is 10.6 Å². The third-order valence-corrected chi connectivity index (χ3v) is 5.88. The molecule has 1 aromatic carbocycles. The lowest BCUT2D eigenvalue weighted by molar-refractivity contribution is -0.123. The van der Waals surface area contributed by atoms with Gasteiger partial charge in [-0.25, -0.2) is 0 Å². The van der Waals surface area contributed by atoms with Crippen molar-refractivity contribution < 1.29 is 9.59 Å².